The van der Waals surface area contributed by atoms with Gasteiger partial charge in [-0.2, -0.15) is 0 Å². The second kappa shape index (κ2) is 10.0. The monoisotopic (exact) mass is 324 g/mol. The van der Waals surface area contributed by atoms with Crippen LogP contribution >= 0.6 is 23.2 Å². The van der Waals surface area contributed by atoms with E-state index in [1.165, 1.54) is 0 Å². The minimum Gasteiger partial charge on any atom is -0.344 e. The summed E-state index contributed by atoms with van der Waals surface area (Å²) in [6.45, 7) is 0. The first-order valence-corrected chi connectivity index (χ1v) is 2.92. The maximum atomic E-state index is 5.08. The van der Waals surface area contributed by atoms with Crippen molar-refractivity contribution in [2.75, 3.05) is 0 Å². The molecule has 2 nitrogen and oxygen atoms in total. The Hall–Kier alpha value is 0.928. The molecule has 0 aliphatic carbocycles. The molecule has 0 rings (SSSR count). The zero-order chi connectivity index (χ0) is 4.28. The Balaban J connectivity index is -0.0000000800. The Labute approximate surface area is 64.3 Å². The maximum absolute atomic E-state index is 5.08. The molecule has 0 bridgehead atoms. The average molecular weight is 325 g/mol. The topological polar surface area (TPSA) is 70.0 Å². The summed E-state index contributed by atoms with van der Waals surface area (Å²) >= 11 is 12.1. The Kier molecular flexibility index (Phi) is 22.4. The van der Waals surface area contributed by atoms with Gasteiger partial charge in [0.25, 0.3) is 0 Å². The van der Waals surface area contributed by atoms with E-state index >= 15 is 0 Å². The van der Waals surface area contributed by atoms with Gasteiger partial charge in [-0.15, -0.1) is 0 Å². The molecule has 7 heavy (non-hydrogen) atoms. The van der Waals surface area contributed by atoms with Crippen molar-refractivity contribution in [1.29, 1.82) is 0 Å². The molecule has 0 spiro atoms. The van der Waals surface area contributed by atoms with E-state index in [-0.39, 0.29) is 12.3 Å². The minimum absolute atomic E-state index is 0. The first-order valence-electron chi connectivity index (χ1n) is 0.849. The van der Waals surface area contributed by atoms with E-state index in [2.05, 4.69) is 0 Å². The van der Waals surface area contributed by atoms with E-state index in [1.54, 1.807) is 4.47 Å². The predicted molar refractivity (Wildman–Crippen MR) is 29.8 cm³/mol. The Morgan fingerprint density at radius 1 is 1.29 bits per heavy atom. The molecule has 0 unspecified atom stereocenters. The fourth-order valence-electron chi connectivity index (χ4n) is 0. The van der Waals surface area contributed by atoms with Gasteiger partial charge in [0.1, 0.15) is 0 Å². The van der Waals surface area contributed by atoms with Gasteiger partial charge in [0, 0.05) is 0 Å². The zero-order valence-electron chi connectivity index (χ0n) is 3.56. The predicted octanol–water partition coefficient (Wildman–Crippen LogP) is 2.13. The van der Waals surface area contributed by atoms with Crippen molar-refractivity contribution in [2.24, 2.45) is 0 Å². The summed E-state index contributed by atoms with van der Waals surface area (Å²) in [5.41, 5.74) is 0. The van der Waals surface area contributed by atoms with Gasteiger partial charge in [0.2, 0.25) is 0 Å². The molecule has 0 fully saturated rings. The van der Waals surface area contributed by atoms with Crippen molar-refractivity contribution in [2.45, 2.75) is 0 Å². The Morgan fingerprint density at radius 3 is 1.43 bits per heavy atom. The summed E-state index contributed by atoms with van der Waals surface area (Å²) < 4.78 is 1.90. The summed E-state index contributed by atoms with van der Waals surface area (Å²) in [5.74, 6) is 0. The molecular formula is C2H7Cl2N2Pt. The zero-order valence-corrected chi connectivity index (χ0v) is 7.35. The van der Waals surface area contributed by atoms with Crippen molar-refractivity contribution in [3.05, 3.63) is 8.96 Å². The maximum Gasteiger partial charge on any atom is -0.344 e. The first kappa shape index (κ1) is 15.7. The molecule has 0 atom stereocenters. The third-order valence-electron chi connectivity index (χ3n) is 0.0690. The van der Waals surface area contributed by atoms with Gasteiger partial charge < -0.3 is 12.3 Å². The number of hydrogen-bond acceptors (Lipinski definition) is 2. The fraction of sp³-hybridized carbons (Fsp3) is 0. The van der Waals surface area contributed by atoms with Gasteiger partial charge in [-0.25, -0.2) is 0 Å². The minimum atomic E-state index is 0. The van der Waals surface area contributed by atoms with Crippen LogP contribution < -0.4 is 12.3 Å². The summed E-state index contributed by atoms with van der Waals surface area (Å²) in [5, 5.41) is 0. The van der Waals surface area contributed by atoms with Gasteiger partial charge in [-0.05, 0) is 0 Å². The summed E-state index contributed by atoms with van der Waals surface area (Å²) in [4.78, 5) is 0. The number of rotatable bonds is 0. The van der Waals surface area contributed by atoms with Crippen molar-refractivity contribution >= 4 is 23.2 Å². The van der Waals surface area contributed by atoms with Gasteiger partial charge in [-0.1, -0.05) is 0 Å². The summed E-state index contributed by atoms with van der Waals surface area (Å²) in [6.07, 6.45) is 0. The standard InChI is InChI=1S/C2HCl2.2H3N.Pt/c1-2(3)4;;;/h1H;2*1H3;. The van der Waals surface area contributed by atoms with Crippen LogP contribution in [0.5, 0.6) is 0 Å². The third kappa shape index (κ3) is 19.6. The molecule has 0 aliphatic rings. The summed E-state index contributed by atoms with van der Waals surface area (Å²) in [7, 11) is 0. The van der Waals surface area contributed by atoms with Crippen LogP contribution in [0.25, 0.3) is 0 Å². The van der Waals surface area contributed by atoms with Gasteiger partial charge in [-0.3, -0.25) is 0 Å². The van der Waals surface area contributed by atoms with E-state index in [1.807, 2.05) is 19.8 Å². The molecular weight excluding hydrogens is 318 g/mol. The van der Waals surface area contributed by atoms with Crippen molar-refractivity contribution in [1.82, 2.24) is 12.3 Å². The van der Waals surface area contributed by atoms with Gasteiger partial charge in [0.05, 0.1) is 0 Å². The van der Waals surface area contributed by atoms with Gasteiger partial charge in [0.15, 0.2) is 0 Å². The van der Waals surface area contributed by atoms with Crippen LogP contribution in [0.2, 0.25) is 0 Å². The van der Waals surface area contributed by atoms with Crippen LogP contribution in [-0.4, -0.2) is 0 Å². The molecule has 5 heteroatoms. The first-order chi connectivity index (χ1) is 2.27. The molecule has 0 aromatic carbocycles. The molecule has 0 saturated carbocycles. The van der Waals surface area contributed by atoms with Crippen LogP contribution in [0.4, 0.5) is 0 Å². The Morgan fingerprint density at radius 2 is 1.43 bits per heavy atom. The molecule has 6 N–H and O–H groups in total. The third-order valence-corrected chi connectivity index (χ3v) is 1.69. The van der Waals surface area contributed by atoms with Crippen LogP contribution in [0.3, 0.4) is 0 Å². The van der Waals surface area contributed by atoms with E-state index in [0.29, 0.717) is 4.49 Å². The second-order valence-corrected chi connectivity index (χ2v) is 2.04. The van der Waals surface area contributed by atoms with E-state index in [4.69, 9.17) is 23.2 Å². The SMILES string of the molecule is ClC(Cl)=[CH][Pt].N.N. The normalized spacial score (nSPS) is 5.14. The van der Waals surface area contributed by atoms with Crippen molar-refractivity contribution < 1.29 is 19.8 Å². The Bertz CT molecular complexity index is 51.7. The van der Waals surface area contributed by atoms with Crippen LogP contribution in [0.1, 0.15) is 0 Å². The number of halogens is 2. The van der Waals surface area contributed by atoms with E-state index in [9.17, 15) is 0 Å². The van der Waals surface area contributed by atoms with Crippen LogP contribution in [-0.2, 0) is 19.8 Å². The molecule has 0 radical (unpaired) electrons. The van der Waals surface area contributed by atoms with E-state index < -0.39 is 0 Å². The smallest absolute Gasteiger partial charge is 0.344 e. The average Bonchev–Trinajstić information content (AvgIpc) is 1.38. The largest absolute Gasteiger partial charge is 0.344 e. The van der Waals surface area contributed by atoms with Crippen LogP contribution in [0, 0.1) is 0 Å². The van der Waals surface area contributed by atoms with Crippen molar-refractivity contribution in [3.63, 3.8) is 0 Å². The van der Waals surface area contributed by atoms with Crippen LogP contribution in [0.15, 0.2) is 8.96 Å². The molecule has 0 aromatic heterocycles. The van der Waals surface area contributed by atoms with Crippen molar-refractivity contribution in [3.8, 4) is 0 Å². The van der Waals surface area contributed by atoms with E-state index in [0.717, 1.165) is 0 Å². The fourth-order valence-corrected chi connectivity index (χ4v) is 0. The molecule has 0 amide bonds. The number of hydrogen-bond donors (Lipinski definition) is 2. The summed E-state index contributed by atoms with van der Waals surface area (Å²) in [6, 6.07) is 0. The quantitative estimate of drug-likeness (QED) is 0.716. The second-order valence-electron chi connectivity index (χ2n) is 0.381. The molecule has 0 aromatic rings. The van der Waals surface area contributed by atoms with Gasteiger partial charge >= 0.3 is 52.0 Å². The molecule has 0 heterocycles. The molecule has 0 aliphatic heterocycles. The molecule has 49 valence electrons. The molecule has 0 saturated heterocycles.